The van der Waals surface area contributed by atoms with Crippen LogP contribution in [0.15, 0.2) is 24.3 Å². The van der Waals surface area contributed by atoms with Crippen molar-refractivity contribution in [1.29, 1.82) is 0 Å². The quantitative estimate of drug-likeness (QED) is 0.845. The molecule has 0 spiro atoms. The SMILES string of the molecule is COc1cccc(C(C(=O)O)N2CCC(C(N)=O)CC2)c1. The number of primary amides is 1. The number of piperidine rings is 1. The van der Waals surface area contributed by atoms with Gasteiger partial charge in [-0.3, -0.25) is 14.5 Å². The molecule has 1 aliphatic rings. The first-order chi connectivity index (χ1) is 10.0. The lowest BCUT2D eigenvalue weighted by molar-refractivity contribution is -0.144. The van der Waals surface area contributed by atoms with Gasteiger partial charge in [0, 0.05) is 19.0 Å². The molecule has 21 heavy (non-hydrogen) atoms. The molecule has 6 nitrogen and oxygen atoms in total. The van der Waals surface area contributed by atoms with Crippen molar-refractivity contribution < 1.29 is 19.4 Å². The van der Waals surface area contributed by atoms with Crippen LogP contribution in [0.2, 0.25) is 0 Å². The van der Waals surface area contributed by atoms with Crippen LogP contribution in [0, 0.1) is 5.92 Å². The van der Waals surface area contributed by atoms with Gasteiger partial charge in [-0.25, -0.2) is 0 Å². The van der Waals surface area contributed by atoms with E-state index in [0.717, 1.165) is 0 Å². The number of ether oxygens (including phenoxy) is 1. The van der Waals surface area contributed by atoms with Crippen molar-refractivity contribution in [2.24, 2.45) is 11.7 Å². The number of methoxy groups -OCH3 is 1. The first-order valence-electron chi connectivity index (χ1n) is 6.93. The van der Waals surface area contributed by atoms with Gasteiger partial charge in [0.05, 0.1) is 7.11 Å². The monoisotopic (exact) mass is 292 g/mol. The maximum atomic E-state index is 11.6. The largest absolute Gasteiger partial charge is 0.497 e. The third kappa shape index (κ3) is 3.52. The van der Waals surface area contributed by atoms with E-state index >= 15 is 0 Å². The second kappa shape index (κ2) is 6.58. The van der Waals surface area contributed by atoms with Crippen LogP contribution in [0.5, 0.6) is 5.75 Å². The van der Waals surface area contributed by atoms with Gasteiger partial charge in [0.25, 0.3) is 0 Å². The Hall–Kier alpha value is -2.08. The molecule has 114 valence electrons. The van der Waals surface area contributed by atoms with E-state index < -0.39 is 12.0 Å². The third-order valence-electron chi connectivity index (χ3n) is 3.94. The number of benzene rings is 1. The van der Waals surface area contributed by atoms with Crippen LogP contribution >= 0.6 is 0 Å². The molecule has 1 fully saturated rings. The molecule has 1 amide bonds. The molecule has 1 unspecified atom stereocenters. The normalized spacial score (nSPS) is 18.1. The van der Waals surface area contributed by atoms with Crippen molar-refractivity contribution in [1.82, 2.24) is 4.90 Å². The molecule has 1 atom stereocenters. The first-order valence-corrected chi connectivity index (χ1v) is 6.93. The summed E-state index contributed by atoms with van der Waals surface area (Å²) in [5.41, 5.74) is 5.99. The molecule has 3 N–H and O–H groups in total. The van der Waals surface area contributed by atoms with Crippen molar-refractivity contribution >= 4 is 11.9 Å². The Kier molecular flexibility index (Phi) is 4.80. The van der Waals surface area contributed by atoms with E-state index in [2.05, 4.69) is 0 Å². The molecular formula is C15H20N2O4. The highest BCUT2D eigenvalue weighted by atomic mass is 16.5. The predicted octanol–water partition coefficient (Wildman–Crippen LogP) is 1.02. The van der Waals surface area contributed by atoms with E-state index in [9.17, 15) is 14.7 Å². The lowest BCUT2D eigenvalue weighted by Gasteiger charge is -2.34. The summed E-state index contributed by atoms with van der Waals surface area (Å²) in [5.74, 6) is -0.726. The molecule has 6 heteroatoms. The fourth-order valence-electron chi connectivity index (χ4n) is 2.76. The first kappa shape index (κ1) is 15.3. The molecule has 0 radical (unpaired) electrons. The molecule has 1 heterocycles. The number of rotatable bonds is 5. The summed E-state index contributed by atoms with van der Waals surface area (Å²) in [6, 6.07) is 6.34. The molecule has 0 aromatic heterocycles. The minimum Gasteiger partial charge on any atom is -0.497 e. The topological polar surface area (TPSA) is 92.9 Å². The highest BCUT2D eigenvalue weighted by Crippen LogP contribution is 2.29. The van der Waals surface area contributed by atoms with Gasteiger partial charge in [-0.15, -0.1) is 0 Å². The second-order valence-electron chi connectivity index (χ2n) is 5.23. The van der Waals surface area contributed by atoms with Crippen molar-refractivity contribution in [2.45, 2.75) is 18.9 Å². The number of carbonyl (C=O) groups is 2. The maximum absolute atomic E-state index is 11.6. The Morgan fingerprint density at radius 2 is 2.05 bits per heavy atom. The smallest absolute Gasteiger partial charge is 0.325 e. The van der Waals surface area contributed by atoms with Crippen LogP contribution in [0.4, 0.5) is 0 Å². The zero-order chi connectivity index (χ0) is 15.4. The van der Waals surface area contributed by atoms with Gasteiger partial charge >= 0.3 is 5.97 Å². The Morgan fingerprint density at radius 3 is 2.57 bits per heavy atom. The minimum absolute atomic E-state index is 0.152. The number of amides is 1. The second-order valence-corrected chi connectivity index (χ2v) is 5.23. The molecule has 0 bridgehead atoms. The van der Waals surface area contributed by atoms with Crippen LogP contribution in [0.3, 0.4) is 0 Å². The number of hydrogen-bond acceptors (Lipinski definition) is 4. The highest BCUT2D eigenvalue weighted by Gasteiger charge is 2.32. The minimum atomic E-state index is -0.902. The predicted molar refractivity (Wildman–Crippen MR) is 76.9 cm³/mol. The van der Waals surface area contributed by atoms with Crippen molar-refractivity contribution in [3.8, 4) is 5.75 Å². The summed E-state index contributed by atoms with van der Waals surface area (Å²) in [6.45, 7) is 1.09. The van der Waals surface area contributed by atoms with E-state index in [1.807, 2.05) is 4.90 Å². The average Bonchev–Trinajstić information content (AvgIpc) is 2.48. The number of nitrogens with two attached hydrogens (primary N) is 1. The summed E-state index contributed by atoms with van der Waals surface area (Å²) in [7, 11) is 1.55. The van der Waals surface area contributed by atoms with Gasteiger partial charge in [-0.05, 0) is 30.5 Å². The van der Waals surface area contributed by atoms with E-state index in [4.69, 9.17) is 10.5 Å². The molecular weight excluding hydrogens is 272 g/mol. The molecule has 1 saturated heterocycles. The van der Waals surface area contributed by atoms with Gasteiger partial charge in [0.1, 0.15) is 11.8 Å². The fourth-order valence-corrected chi connectivity index (χ4v) is 2.76. The Morgan fingerprint density at radius 1 is 1.38 bits per heavy atom. The van der Waals surface area contributed by atoms with E-state index in [1.54, 1.807) is 31.4 Å². The van der Waals surface area contributed by atoms with Gasteiger partial charge in [0.15, 0.2) is 0 Å². The van der Waals surface area contributed by atoms with Crippen LogP contribution < -0.4 is 10.5 Å². The number of carboxylic acid groups (broad SMARTS) is 1. The van der Waals surface area contributed by atoms with Crippen LogP contribution in [0.25, 0.3) is 0 Å². The number of nitrogens with zero attached hydrogens (tertiary/aromatic N) is 1. The van der Waals surface area contributed by atoms with Crippen LogP contribution in [-0.2, 0) is 9.59 Å². The molecule has 0 aliphatic carbocycles. The zero-order valence-corrected chi connectivity index (χ0v) is 12.0. The number of likely N-dealkylation sites (tertiary alicyclic amines) is 1. The van der Waals surface area contributed by atoms with Crippen molar-refractivity contribution in [2.75, 3.05) is 20.2 Å². The fraction of sp³-hybridized carbons (Fsp3) is 0.467. The Labute approximate surface area is 123 Å². The van der Waals surface area contributed by atoms with Gasteiger partial charge < -0.3 is 15.6 Å². The molecule has 2 rings (SSSR count). The molecule has 0 saturated carbocycles. The van der Waals surface area contributed by atoms with E-state index in [1.165, 1.54) is 0 Å². The molecule has 1 aliphatic heterocycles. The van der Waals surface area contributed by atoms with E-state index in [-0.39, 0.29) is 11.8 Å². The lowest BCUT2D eigenvalue weighted by Crippen LogP contribution is -2.42. The van der Waals surface area contributed by atoms with Gasteiger partial charge in [0.2, 0.25) is 5.91 Å². The number of carbonyl (C=O) groups excluding carboxylic acids is 1. The summed E-state index contributed by atoms with van der Waals surface area (Å²) >= 11 is 0. The van der Waals surface area contributed by atoms with Crippen LogP contribution in [0.1, 0.15) is 24.4 Å². The van der Waals surface area contributed by atoms with Crippen LogP contribution in [-0.4, -0.2) is 42.1 Å². The van der Waals surface area contributed by atoms with Crippen molar-refractivity contribution in [3.05, 3.63) is 29.8 Å². The summed E-state index contributed by atoms with van der Waals surface area (Å²) in [6.07, 6.45) is 1.20. The summed E-state index contributed by atoms with van der Waals surface area (Å²) in [4.78, 5) is 24.7. The van der Waals surface area contributed by atoms with Gasteiger partial charge in [-0.1, -0.05) is 12.1 Å². The standard InChI is InChI=1S/C15H20N2O4/c1-21-12-4-2-3-11(9-12)13(15(19)20)17-7-5-10(6-8-17)14(16)18/h2-4,9-10,13H,5-8H2,1H3,(H2,16,18)(H,19,20). The Balaban J connectivity index is 2.16. The van der Waals surface area contributed by atoms with E-state index in [0.29, 0.717) is 37.2 Å². The lowest BCUT2D eigenvalue weighted by atomic mass is 9.93. The molecule has 1 aromatic rings. The number of aliphatic carboxylic acids is 1. The number of carboxylic acids is 1. The number of hydrogen-bond donors (Lipinski definition) is 2. The average molecular weight is 292 g/mol. The highest BCUT2D eigenvalue weighted by molar-refractivity contribution is 5.77. The zero-order valence-electron chi connectivity index (χ0n) is 12.0. The van der Waals surface area contributed by atoms with Gasteiger partial charge in [-0.2, -0.15) is 0 Å². The maximum Gasteiger partial charge on any atom is 0.325 e. The van der Waals surface area contributed by atoms with Crippen molar-refractivity contribution in [3.63, 3.8) is 0 Å². The summed E-state index contributed by atoms with van der Waals surface area (Å²) in [5, 5.41) is 9.54. The third-order valence-corrected chi connectivity index (χ3v) is 3.94. The summed E-state index contributed by atoms with van der Waals surface area (Å²) < 4.78 is 5.15. The molecule has 1 aromatic carbocycles. The Bertz CT molecular complexity index is 524.